The minimum absolute atomic E-state index is 0.243. The summed E-state index contributed by atoms with van der Waals surface area (Å²) in [5.74, 6) is 0.582. The third-order valence-electron chi connectivity index (χ3n) is 5.55. The van der Waals surface area contributed by atoms with Crippen molar-refractivity contribution in [3.63, 3.8) is 0 Å². The first-order valence-electron chi connectivity index (χ1n) is 8.79. The average molecular weight is 423 g/mol. The fourth-order valence-corrected chi connectivity index (χ4v) is 4.25. The summed E-state index contributed by atoms with van der Waals surface area (Å²) >= 11 is 3.25. The highest BCUT2D eigenvalue weighted by atomic mass is 79.9. The van der Waals surface area contributed by atoms with Crippen LogP contribution in [0.5, 0.6) is 0 Å². The molecule has 26 heavy (non-hydrogen) atoms. The Bertz CT molecular complexity index is 768. The maximum Gasteiger partial charge on any atom is 0.177 e. The summed E-state index contributed by atoms with van der Waals surface area (Å²) in [6, 6.07) is 4.77. The quantitative estimate of drug-likeness (QED) is 0.712. The van der Waals surface area contributed by atoms with Gasteiger partial charge < -0.3 is 4.79 Å². The molecule has 4 rings (SSSR count). The van der Waals surface area contributed by atoms with Gasteiger partial charge in [0.15, 0.2) is 12.5 Å². The van der Waals surface area contributed by atoms with E-state index in [1.54, 1.807) is 17.0 Å². The second-order valence-corrected chi connectivity index (χ2v) is 8.15. The van der Waals surface area contributed by atoms with Gasteiger partial charge in [-0.1, -0.05) is 15.9 Å². The van der Waals surface area contributed by atoms with Crippen LogP contribution in [0.15, 0.2) is 27.8 Å². The number of carbonyl (C=O) groups excluding carboxylic acids is 2. The molecular weight excluding hydrogens is 403 g/mol. The van der Waals surface area contributed by atoms with Crippen LogP contribution in [-0.4, -0.2) is 48.1 Å². The van der Waals surface area contributed by atoms with Crippen LogP contribution in [0.1, 0.15) is 25.7 Å². The number of carbonyl (C=O) groups is 2. The zero-order valence-corrected chi connectivity index (χ0v) is 15.8. The van der Waals surface area contributed by atoms with Crippen molar-refractivity contribution in [3.8, 4) is 0 Å². The number of halogens is 2. The molecule has 138 valence electrons. The number of anilines is 1. The van der Waals surface area contributed by atoms with Crippen LogP contribution in [0.4, 0.5) is 10.1 Å². The highest BCUT2D eigenvalue weighted by molar-refractivity contribution is 9.10. The van der Waals surface area contributed by atoms with Gasteiger partial charge in [0.05, 0.1) is 11.2 Å². The molecule has 2 aliphatic heterocycles. The molecule has 1 aliphatic carbocycles. The lowest BCUT2D eigenvalue weighted by Crippen LogP contribution is -2.42. The number of amidine groups is 1. The van der Waals surface area contributed by atoms with E-state index in [4.69, 9.17) is 0 Å². The van der Waals surface area contributed by atoms with Gasteiger partial charge in [-0.05, 0) is 49.9 Å². The van der Waals surface area contributed by atoms with Crippen LogP contribution >= 0.6 is 15.9 Å². The number of hydrazone groups is 1. The van der Waals surface area contributed by atoms with E-state index in [9.17, 15) is 14.0 Å². The van der Waals surface area contributed by atoms with E-state index in [-0.39, 0.29) is 5.54 Å². The Morgan fingerprint density at radius 3 is 2.85 bits per heavy atom. The Kier molecular flexibility index (Phi) is 4.56. The maximum absolute atomic E-state index is 14.5. The van der Waals surface area contributed by atoms with E-state index >= 15 is 0 Å². The Balaban J connectivity index is 1.50. The van der Waals surface area contributed by atoms with E-state index in [1.807, 2.05) is 0 Å². The van der Waals surface area contributed by atoms with Crippen LogP contribution in [0, 0.1) is 11.7 Å². The fraction of sp³-hybridized carbons (Fsp3) is 0.500. The van der Waals surface area contributed by atoms with E-state index in [2.05, 4.69) is 31.4 Å². The SMILES string of the molecule is O=CC1NN=C(C[C@@H]2CCN(C3(C=O)CC3)C2)N1c1ccc(Br)cc1F. The van der Waals surface area contributed by atoms with Crippen molar-refractivity contribution in [2.75, 3.05) is 18.0 Å². The molecule has 2 heterocycles. The van der Waals surface area contributed by atoms with Crippen LogP contribution in [0.25, 0.3) is 0 Å². The summed E-state index contributed by atoms with van der Waals surface area (Å²) in [5, 5.41) is 4.29. The second kappa shape index (κ2) is 6.74. The second-order valence-electron chi connectivity index (χ2n) is 7.23. The summed E-state index contributed by atoms with van der Waals surface area (Å²) in [5.41, 5.74) is 2.87. The number of nitrogens with zero attached hydrogens (tertiary/aromatic N) is 3. The van der Waals surface area contributed by atoms with E-state index in [0.29, 0.717) is 28.3 Å². The van der Waals surface area contributed by atoms with Gasteiger partial charge in [0.2, 0.25) is 0 Å². The third-order valence-corrected chi connectivity index (χ3v) is 6.04. The Morgan fingerprint density at radius 2 is 2.19 bits per heavy atom. The van der Waals surface area contributed by atoms with Gasteiger partial charge in [-0.25, -0.2) is 4.39 Å². The molecule has 0 spiro atoms. The molecule has 0 radical (unpaired) electrons. The van der Waals surface area contributed by atoms with E-state index in [0.717, 1.165) is 44.9 Å². The molecule has 3 aliphatic rings. The highest BCUT2D eigenvalue weighted by Crippen LogP contribution is 2.43. The first kappa shape index (κ1) is 17.6. The maximum atomic E-state index is 14.5. The lowest BCUT2D eigenvalue weighted by atomic mass is 10.0. The molecule has 6 nitrogen and oxygen atoms in total. The van der Waals surface area contributed by atoms with Gasteiger partial charge in [0.1, 0.15) is 17.9 Å². The number of benzene rings is 1. The molecule has 0 bridgehead atoms. The minimum Gasteiger partial charge on any atom is -0.301 e. The van der Waals surface area contributed by atoms with Crippen molar-refractivity contribution in [3.05, 3.63) is 28.5 Å². The third kappa shape index (κ3) is 3.05. The lowest BCUT2D eigenvalue weighted by Gasteiger charge is -2.26. The number of rotatable bonds is 6. The lowest BCUT2D eigenvalue weighted by molar-refractivity contribution is -0.113. The largest absolute Gasteiger partial charge is 0.301 e. The summed E-state index contributed by atoms with van der Waals surface area (Å²) < 4.78 is 15.1. The molecule has 1 N–H and O–H groups in total. The zero-order valence-electron chi connectivity index (χ0n) is 14.2. The number of likely N-dealkylation sites (tertiary alicyclic amines) is 1. The first-order valence-corrected chi connectivity index (χ1v) is 9.59. The van der Waals surface area contributed by atoms with Crippen LogP contribution < -0.4 is 10.3 Å². The van der Waals surface area contributed by atoms with Crippen LogP contribution in [-0.2, 0) is 9.59 Å². The van der Waals surface area contributed by atoms with Gasteiger partial charge in [-0.2, -0.15) is 5.10 Å². The molecule has 0 aromatic heterocycles. The molecule has 1 unspecified atom stereocenters. The molecular formula is C18H20BrFN4O2. The summed E-state index contributed by atoms with van der Waals surface area (Å²) in [6.07, 6.45) is 4.59. The molecule has 1 saturated heterocycles. The summed E-state index contributed by atoms with van der Waals surface area (Å²) in [7, 11) is 0. The number of hydrogen-bond donors (Lipinski definition) is 1. The predicted molar refractivity (Wildman–Crippen MR) is 99.3 cm³/mol. The molecule has 1 aromatic rings. The van der Waals surface area contributed by atoms with E-state index in [1.165, 1.54) is 6.07 Å². The predicted octanol–water partition coefficient (Wildman–Crippen LogP) is 2.28. The average Bonchev–Trinajstić information content (AvgIpc) is 3.12. The van der Waals surface area contributed by atoms with Crippen molar-refractivity contribution < 1.29 is 14.0 Å². The Labute approximate surface area is 159 Å². The molecule has 2 fully saturated rings. The van der Waals surface area contributed by atoms with Crippen molar-refractivity contribution >= 4 is 40.0 Å². The minimum atomic E-state index is -0.706. The van der Waals surface area contributed by atoms with Crippen molar-refractivity contribution in [2.24, 2.45) is 11.0 Å². The number of aldehydes is 2. The number of nitrogens with one attached hydrogen (secondary N) is 1. The van der Waals surface area contributed by atoms with Gasteiger partial charge in [0.25, 0.3) is 0 Å². The van der Waals surface area contributed by atoms with Gasteiger partial charge >= 0.3 is 0 Å². The van der Waals surface area contributed by atoms with Crippen molar-refractivity contribution in [1.29, 1.82) is 0 Å². The Morgan fingerprint density at radius 1 is 1.38 bits per heavy atom. The topological polar surface area (TPSA) is 65.0 Å². The van der Waals surface area contributed by atoms with Gasteiger partial charge in [-0.3, -0.25) is 20.0 Å². The zero-order chi connectivity index (χ0) is 18.3. The van der Waals surface area contributed by atoms with Crippen LogP contribution in [0.3, 0.4) is 0 Å². The molecule has 8 heteroatoms. The van der Waals surface area contributed by atoms with Gasteiger partial charge in [0, 0.05) is 17.4 Å². The monoisotopic (exact) mass is 422 g/mol. The number of hydrogen-bond acceptors (Lipinski definition) is 6. The molecule has 0 amide bonds. The van der Waals surface area contributed by atoms with Crippen molar-refractivity contribution in [1.82, 2.24) is 10.3 Å². The van der Waals surface area contributed by atoms with E-state index < -0.39 is 12.0 Å². The van der Waals surface area contributed by atoms with Crippen LogP contribution in [0.2, 0.25) is 0 Å². The van der Waals surface area contributed by atoms with Crippen molar-refractivity contribution in [2.45, 2.75) is 37.4 Å². The molecule has 2 atom stereocenters. The fourth-order valence-electron chi connectivity index (χ4n) is 3.91. The summed E-state index contributed by atoms with van der Waals surface area (Å²) in [6.45, 7) is 1.73. The smallest absolute Gasteiger partial charge is 0.177 e. The highest BCUT2D eigenvalue weighted by Gasteiger charge is 2.50. The Hall–Kier alpha value is -1.80. The molecule has 1 aromatic carbocycles. The normalized spacial score (nSPS) is 27.2. The molecule has 1 saturated carbocycles. The summed E-state index contributed by atoms with van der Waals surface area (Å²) in [4.78, 5) is 26.7. The van der Waals surface area contributed by atoms with Gasteiger partial charge in [-0.15, -0.1) is 0 Å². The first-order chi connectivity index (χ1) is 12.6. The standard InChI is InChI=1S/C18H20BrFN4O2/c19-13-1-2-15(14(20)8-13)24-16(21-22-17(24)10-25)7-12-3-6-23(9-12)18(11-26)4-5-18/h1-2,8,10-12,17,22H,3-7,9H2/t12-,17?/m0/s1.